The fourth-order valence-corrected chi connectivity index (χ4v) is 2.74. The molecule has 0 heterocycles. The zero-order valence-corrected chi connectivity index (χ0v) is 13.4. The summed E-state index contributed by atoms with van der Waals surface area (Å²) in [5.41, 5.74) is 7.34. The van der Waals surface area contributed by atoms with Gasteiger partial charge in [-0.15, -0.1) is 0 Å². The molecule has 0 fully saturated rings. The minimum atomic E-state index is 0.644. The van der Waals surface area contributed by atoms with Crippen molar-refractivity contribution in [3.05, 3.63) is 35.9 Å². The van der Waals surface area contributed by atoms with Gasteiger partial charge in [-0.3, -0.25) is 0 Å². The highest BCUT2D eigenvalue weighted by molar-refractivity contribution is 5.15. The Hall–Kier alpha value is -0.860. The lowest BCUT2D eigenvalue weighted by Crippen LogP contribution is -2.24. The van der Waals surface area contributed by atoms with Crippen molar-refractivity contribution in [1.29, 1.82) is 0 Å². The molecule has 20 heavy (non-hydrogen) atoms. The van der Waals surface area contributed by atoms with Crippen molar-refractivity contribution in [2.75, 3.05) is 26.2 Å². The third-order valence-corrected chi connectivity index (χ3v) is 4.18. The molecule has 2 nitrogen and oxygen atoms in total. The number of unbranched alkanes of at least 4 members (excludes halogenated alkanes) is 2. The molecule has 2 heteroatoms. The zero-order chi connectivity index (χ0) is 14.6. The lowest BCUT2D eigenvalue weighted by molar-refractivity contribution is 0.293. The topological polar surface area (TPSA) is 29.3 Å². The van der Waals surface area contributed by atoms with E-state index in [0.717, 1.165) is 13.0 Å². The van der Waals surface area contributed by atoms with E-state index < -0.39 is 0 Å². The van der Waals surface area contributed by atoms with E-state index in [2.05, 4.69) is 49.1 Å². The van der Waals surface area contributed by atoms with Gasteiger partial charge in [-0.25, -0.2) is 0 Å². The fraction of sp³-hybridized carbons (Fsp3) is 0.667. The Morgan fingerprint density at radius 2 is 1.70 bits per heavy atom. The molecular weight excluding hydrogens is 244 g/mol. The number of nitrogens with two attached hydrogens (primary N) is 1. The molecule has 0 radical (unpaired) electrons. The Morgan fingerprint density at radius 3 is 2.30 bits per heavy atom. The van der Waals surface area contributed by atoms with Crippen LogP contribution in [0.4, 0.5) is 0 Å². The number of nitrogens with zero attached hydrogens (tertiary/aromatic N) is 1. The summed E-state index contributed by atoms with van der Waals surface area (Å²) in [5.74, 6) is 0.644. The average molecular weight is 276 g/mol. The van der Waals surface area contributed by atoms with Crippen LogP contribution >= 0.6 is 0 Å². The summed E-state index contributed by atoms with van der Waals surface area (Å²) >= 11 is 0. The Labute approximate surface area is 125 Å². The van der Waals surface area contributed by atoms with Crippen molar-refractivity contribution in [3.63, 3.8) is 0 Å². The first-order chi connectivity index (χ1) is 9.80. The molecule has 0 aliphatic rings. The van der Waals surface area contributed by atoms with Crippen LogP contribution in [0.3, 0.4) is 0 Å². The molecule has 0 saturated carbocycles. The van der Waals surface area contributed by atoms with E-state index in [0.29, 0.717) is 5.92 Å². The standard InChI is InChI=1S/C18H32N2/c1-3-20(4-2)14-10-6-9-13-18(16-19)15-17-11-7-5-8-12-17/h5,7-8,11-12,18H,3-4,6,9-10,13-16,19H2,1-2H3. The Balaban J connectivity index is 2.15. The lowest BCUT2D eigenvalue weighted by atomic mass is 9.94. The molecule has 0 amide bonds. The van der Waals surface area contributed by atoms with Crippen molar-refractivity contribution in [1.82, 2.24) is 4.90 Å². The van der Waals surface area contributed by atoms with Crippen LogP contribution in [0, 0.1) is 5.92 Å². The first kappa shape index (κ1) is 17.2. The van der Waals surface area contributed by atoms with E-state index in [1.165, 1.54) is 50.9 Å². The van der Waals surface area contributed by atoms with Crippen LogP contribution in [0.5, 0.6) is 0 Å². The van der Waals surface area contributed by atoms with Gasteiger partial charge in [-0.1, -0.05) is 57.0 Å². The number of benzene rings is 1. The van der Waals surface area contributed by atoms with Crippen LogP contribution in [0.15, 0.2) is 30.3 Å². The van der Waals surface area contributed by atoms with Gasteiger partial charge in [0.15, 0.2) is 0 Å². The molecule has 1 aromatic rings. The van der Waals surface area contributed by atoms with Gasteiger partial charge in [-0.05, 0) is 56.9 Å². The van der Waals surface area contributed by atoms with E-state index in [-0.39, 0.29) is 0 Å². The van der Waals surface area contributed by atoms with Gasteiger partial charge in [0.2, 0.25) is 0 Å². The van der Waals surface area contributed by atoms with Gasteiger partial charge in [0.1, 0.15) is 0 Å². The summed E-state index contributed by atoms with van der Waals surface area (Å²) in [6.07, 6.45) is 6.37. The highest BCUT2D eigenvalue weighted by atomic mass is 15.1. The maximum absolute atomic E-state index is 5.92. The quantitative estimate of drug-likeness (QED) is 0.624. The maximum Gasteiger partial charge on any atom is -0.00190 e. The third kappa shape index (κ3) is 7.06. The van der Waals surface area contributed by atoms with Gasteiger partial charge in [-0.2, -0.15) is 0 Å². The van der Waals surface area contributed by atoms with Crippen LogP contribution < -0.4 is 5.73 Å². The van der Waals surface area contributed by atoms with Gasteiger partial charge in [0, 0.05) is 0 Å². The molecule has 2 N–H and O–H groups in total. The summed E-state index contributed by atoms with van der Waals surface area (Å²) in [7, 11) is 0. The second-order valence-electron chi connectivity index (χ2n) is 5.67. The molecule has 0 bridgehead atoms. The predicted octanol–water partition coefficient (Wildman–Crippen LogP) is 3.71. The normalized spacial score (nSPS) is 12.8. The second-order valence-corrected chi connectivity index (χ2v) is 5.67. The zero-order valence-electron chi connectivity index (χ0n) is 13.4. The van der Waals surface area contributed by atoms with Crippen molar-refractivity contribution in [2.45, 2.75) is 46.0 Å². The first-order valence-electron chi connectivity index (χ1n) is 8.26. The molecule has 0 aliphatic heterocycles. The summed E-state index contributed by atoms with van der Waals surface area (Å²) in [5, 5.41) is 0. The molecule has 114 valence electrons. The molecular formula is C18H32N2. The number of rotatable bonds is 11. The lowest BCUT2D eigenvalue weighted by Gasteiger charge is -2.18. The van der Waals surface area contributed by atoms with E-state index >= 15 is 0 Å². The van der Waals surface area contributed by atoms with Gasteiger partial charge >= 0.3 is 0 Å². The van der Waals surface area contributed by atoms with E-state index in [1.54, 1.807) is 0 Å². The van der Waals surface area contributed by atoms with Crippen molar-refractivity contribution in [3.8, 4) is 0 Å². The van der Waals surface area contributed by atoms with Crippen molar-refractivity contribution >= 4 is 0 Å². The summed E-state index contributed by atoms with van der Waals surface area (Å²) in [6.45, 7) is 8.90. The Kier molecular flexibility index (Phi) is 9.35. The monoisotopic (exact) mass is 276 g/mol. The highest BCUT2D eigenvalue weighted by Gasteiger charge is 2.07. The maximum atomic E-state index is 5.92. The summed E-state index contributed by atoms with van der Waals surface area (Å²) < 4.78 is 0. The van der Waals surface area contributed by atoms with Crippen LogP contribution in [-0.2, 0) is 6.42 Å². The predicted molar refractivity (Wildman–Crippen MR) is 88.9 cm³/mol. The number of hydrogen-bond acceptors (Lipinski definition) is 2. The van der Waals surface area contributed by atoms with Crippen LogP contribution in [0.1, 0.15) is 45.1 Å². The average Bonchev–Trinajstić information content (AvgIpc) is 2.50. The SMILES string of the molecule is CCN(CC)CCCCCC(CN)Cc1ccccc1. The van der Waals surface area contributed by atoms with Crippen LogP contribution in [-0.4, -0.2) is 31.1 Å². The van der Waals surface area contributed by atoms with Crippen molar-refractivity contribution in [2.24, 2.45) is 11.7 Å². The number of hydrogen-bond donors (Lipinski definition) is 1. The molecule has 1 atom stereocenters. The molecule has 0 saturated heterocycles. The first-order valence-corrected chi connectivity index (χ1v) is 8.26. The smallest absolute Gasteiger partial charge is 0.00190 e. The van der Waals surface area contributed by atoms with Gasteiger partial charge in [0.25, 0.3) is 0 Å². The van der Waals surface area contributed by atoms with Gasteiger partial charge in [0.05, 0.1) is 0 Å². The van der Waals surface area contributed by atoms with Gasteiger partial charge < -0.3 is 10.6 Å². The fourth-order valence-electron chi connectivity index (χ4n) is 2.74. The molecule has 0 aromatic heterocycles. The van der Waals surface area contributed by atoms with Crippen LogP contribution in [0.2, 0.25) is 0 Å². The Morgan fingerprint density at radius 1 is 1.00 bits per heavy atom. The minimum Gasteiger partial charge on any atom is -0.330 e. The third-order valence-electron chi connectivity index (χ3n) is 4.18. The largest absolute Gasteiger partial charge is 0.330 e. The molecule has 1 rings (SSSR count). The molecule has 1 unspecified atom stereocenters. The minimum absolute atomic E-state index is 0.644. The van der Waals surface area contributed by atoms with E-state index in [9.17, 15) is 0 Å². The Bertz CT molecular complexity index is 319. The molecule has 0 aliphatic carbocycles. The van der Waals surface area contributed by atoms with E-state index in [1.807, 2.05) is 0 Å². The second kappa shape index (κ2) is 10.9. The summed E-state index contributed by atoms with van der Waals surface area (Å²) in [6, 6.07) is 10.7. The van der Waals surface area contributed by atoms with Crippen molar-refractivity contribution < 1.29 is 0 Å². The summed E-state index contributed by atoms with van der Waals surface area (Å²) in [4.78, 5) is 2.50. The molecule has 0 spiro atoms. The molecule has 1 aromatic carbocycles. The van der Waals surface area contributed by atoms with Crippen LogP contribution in [0.25, 0.3) is 0 Å². The highest BCUT2D eigenvalue weighted by Crippen LogP contribution is 2.15. The van der Waals surface area contributed by atoms with E-state index in [4.69, 9.17) is 5.73 Å².